The van der Waals surface area contributed by atoms with E-state index in [1.54, 1.807) is 6.07 Å². The first-order valence-electron chi connectivity index (χ1n) is 8.01. The monoisotopic (exact) mass is 324 g/mol. The zero-order chi connectivity index (χ0) is 16.9. The maximum atomic E-state index is 12.5. The first-order chi connectivity index (χ1) is 11.6. The van der Waals surface area contributed by atoms with E-state index in [0.717, 1.165) is 25.8 Å². The van der Waals surface area contributed by atoms with E-state index in [0.29, 0.717) is 5.69 Å². The molecule has 1 aromatic carbocycles. The summed E-state index contributed by atoms with van der Waals surface area (Å²) in [5.41, 5.74) is 7.12. The molecule has 1 unspecified atom stereocenters. The average molecular weight is 324 g/mol. The van der Waals surface area contributed by atoms with Crippen LogP contribution in [0.15, 0.2) is 48.7 Å². The lowest BCUT2D eigenvalue weighted by Gasteiger charge is -2.25. The van der Waals surface area contributed by atoms with Gasteiger partial charge < -0.3 is 16.0 Å². The van der Waals surface area contributed by atoms with Crippen LogP contribution in [0, 0.1) is 0 Å². The molecule has 2 heterocycles. The van der Waals surface area contributed by atoms with Gasteiger partial charge >= 0.3 is 6.03 Å². The number of pyridine rings is 1. The van der Waals surface area contributed by atoms with Crippen molar-refractivity contribution in [3.8, 4) is 0 Å². The van der Waals surface area contributed by atoms with E-state index in [9.17, 15) is 9.59 Å². The average Bonchev–Trinajstić information content (AvgIpc) is 3.04. The maximum absolute atomic E-state index is 12.5. The second-order valence-electron chi connectivity index (χ2n) is 5.91. The summed E-state index contributed by atoms with van der Waals surface area (Å²) < 4.78 is 0. The third kappa shape index (κ3) is 3.71. The summed E-state index contributed by atoms with van der Waals surface area (Å²) in [6, 6.07) is 13.4. The fourth-order valence-electron chi connectivity index (χ4n) is 3.01. The molecule has 3 amide bonds. The number of nitrogens with zero attached hydrogens (tertiary/aromatic N) is 2. The lowest BCUT2D eigenvalue weighted by molar-refractivity contribution is 0.0995. The first kappa shape index (κ1) is 16.0. The maximum Gasteiger partial charge on any atom is 0.322 e. The minimum absolute atomic E-state index is 0.137. The summed E-state index contributed by atoms with van der Waals surface area (Å²) in [5.74, 6) is -0.588. The van der Waals surface area contributed by atoms with Crippen LogP contribution in [-0.2, 0) is 6.42 Å². The van der Waals surface area contributed by atoms with Crippen LogP contribution in [0.5, 0.6) is 0 Å². The Hall–Kier alpha value is -2.89. The quantitative estimate of drug-likeness (QED) is 0.905. The highest BCUT2D eigenvalue weighted by Gasteiger charge is 2.28. The molecule has 1 saturated heterocycles. The summed E-state index contributed by atoms with van der Waals surface area (Å²) >= 11 is 0. The van der Waals surface area contributed by atoms with Gasteiger partial charge in [0.2, 0.25) is 0 Å². The zero-order valence-electron chi connectivity index (χ0n) is 13.3. The molecule has 3 N–H and O–H groups in total. The van der Waals surface area contributed by atoms with E-state index in [-0.39, 0.29) is 17.8 Å². The van der Waals surface area contributed by atoms with Crippen LogP contribution in [0.2, 0.25) is 0 Å². The molecule has 0 aliphatic carbocycles. The molecule has 1 aliphatic heterocycles. The Bertz CT molecular complexity index is 716. The number of primary amides is 1. The predicted octanol–water partition coefficient (Wildman–Crippen LogP) is 2.42. The zero-order valence-corrected chi connectivity index (χ0v) is 13.3. The second kappa shape index (κ2) is 7.12. The van der Waals surface area contributed by atoms with E-state index in [4.69, 9.17) is 5.73 Å². The van der Waals surface area contributed by atoms with Gasteiger partial charge in [0.1, 0.15) is 5.69 Å². The minimum atomic E-state index is -0.588. The number of hydrogen-bond donors (Lipinski definition) is 2. The van der Waals surface area contributed by atoms with Crippen molar-refractivity contribution in [1.82, 2.24) is 9.88 Å². The van der Waals surface area contributed by atoms with Crippen LogP contribution in [0.4, 0.5) is 10.5 Å². The largest absolute Gasteiger partial charge is 0.364 e. The van der Waals surface area contributed by atoms with Gasteiger partial charge in [0.15, 0.2) is 0 Å². The highest BCUT2D eigenvalue weighted by atomic mass is 16.2. The third-order valence-electron chi connectivity index (χ3n) is 4.22. The number of carbonyl (C=O) groups is 2. The topological polar surface area (TPSA) is 88.3 Å². The summed E-state index contributed by atoms with van der Waals surface area (Å²) in [6.07, 6.45) is 4.30. The lowest BCUT2D eigenvalue weighted by Crippen LogP contribution is -2.39. The van der Waals surface area contributed by atoms with Crippen LogP contribution in [0.1, 0.15) is 28.9 Å². The molecule has 1 fully saturated rings. The molecule has 1 aliphatic rings. The summed E-state index contributed by atoms with van der Waals surface area (Å²) in [6.45, 7) is 0.746. The molecule has 124 valence electrons. The highest BCUT2D eigenvalue weighted by molar-refractivity contribution is 5.92. The third-order valence-corrected chi connectivity index (χ3v) is 4.22. The molecule has 2 aromatic rings. The van der Waals surface area contributed by atoms with E-state index in [2.05, 4.69) is 22.4 Å². The molecule has 24 heavy (non-hydrogen) atoms. The Morgan fingerprint density at radius 3 is 2.67 bits per heavy atom. The second-order valence-corrected chi connectivity index (χ2v) is 5.91. The van der Waals surface area contributed by atoms with Gasteiger partial charge in [0.25, 0.3) is 5.91 Å². The summed E-state index contributed by atoms with van der Waals surface area (Å²) in [7, 11) is 0. The minimum Gasteiger partial charge on any atom is -0.364 e. The molecule has 0 spiro atoms. The van der Waals surface area contributed by atoms with E-state index in [1.807, 2.05) is 23.1 Å². The first-order valence-corrected chi connectivity index (χ1v) is 8.01. The van der Waals surface area contributed by atoms with E-state index in [1.165, 1.54) is 17.8 Å². The molecule has 0 radical (unpaired) electrons. The predicted molar refractivity (Wildman–Crippen MR) is 91.6 cm³/mol. The number of rotatable bonds is 4. The van der Waals surface area contributed by atoms with Crippen molar-refractivity contribution in [3.63, 3.8) is 0 Å². The summed E-state index contributed by atoms with van der Waals surface area (Å²) in [5, 5.41) is 2.84. The van der Waals surface area contributed by atoms with Crippen molar-refractivity contribution < 1.29 is 9.59 Å². The number of nitrogens with one attached hydrogen (secondary N) is 1. The normalized spacial score (nSPS) is 16.8. The number of hydrogen-bond acceptors (Lipinski definition) is 3. The Morgan fingerprint density at radius 2 is 2.00 bits per heavy atom. The molecule has 0 bridgehead atoms. The van der Waals surface area contributed by atoms with Crippen molar-refractivity contribution in [2.24, 2.45) is 5.73 Å². The number of anilines is 1. The number of benzene rings is 1. The van der Waals surface area contributed by atoms with Crippen molar-refractivity contribution in [1.29, 1.82) is 0 Å². The standard InChI is InChI=1S/C18H20N4O2/c19-17(23)16-9-8-14(12-20-16)21-18(24)22-10-4-7-15(22)11-13-5-2-1-3-6-13/h1-3,5-6,8-9,12,15H,4,7,10-11H2,(H2,19,23)(H,21,24). The van der Waals surface area contributed by atoms with Crippen LogP contribution < -0.4 is 11.1 Å². The van der Waals surface area contributed by atoms with Gasteiger partial charge in [-0.15, -0.1) is 0 Å². The molecule has 1 aromatic heterocycles. The fraction of sp³-hybridized carbons (Fsp3) is 0.278. The van der Waals surface area contributed by atoms with Gasteiger partial charge in [0.05, 0.1) is 11.9 Å². The van der Waals surface area contributed by atoms with Gasteiger partial charge in [-0.2, -0.15) is 0 Å². The SMILES string of the molecule is NC(=O)c1ccc(NC(=O)N2CCCC2Cc2ccccc2)cn1. The van der Waals surface area contributed by atoms with Crippen molar-refractivity contribution in [3.05, 3.63) is 59.9 Å². The van der Waals surface area contributed by atoms with Crippen molar-refractivity contribution in [2.75, 3.05) is 11.9 Å². The Kier molecular flexibility index (Phi) is 4.74. The number of nitrogens with two attached hydrogens (primary N) is 1. The molecule has 6 nitrogen and oxygen atoms in total. The molecule has 0 saturated carbocycles. The van der Waals surface area contributed by atoms with Crippen molar-refractivity contribution in [2.45, 2.75) is 25.3 Å². The number of carbonyl (C=O) groups excluding carboxylic acids is 2. The lowest BCUT2D eigenvalue weighted by atomic mass is 10.0. The van der Waals surface area contributed by atoms with E-state index >= 15 is 0 Å². The number of aromatic nitrogens is 1. The van der Waals surface area contributed by atoms with Gasteiger partial charge in [-0.25, -0.2) is 9.78 Å². The number of amides is 3. The Balaban J connectivity index is 1.64. The number of likely N-dealkylation sites (tertiary alicyclic amines) is 1. The molecule has 6 heteroatoms. The van der Waals surface area contributed by atoms with Gasteiger partial charge in [-0.3, -0.25) is 4.79 Å². The Morgan fingerprint density at radius 1 is 1.21 bits per heavy atom. The van der Waals surface area contributed by atoms with Gasteiger partial charge in [-0.05, 0) is 37.0 Å². The Labute approximate surface area is 140 Å². The smallest absolute Gasteiger partial charge is 0.322 e. The fourth-order valence-corrected chi connectivity index (χ4v) is 3.01. The van der Waals surface area contributed by atoms with Gasteiger partial charge in [-0.1, -0.05) is 30.3 Å². The van der Waals surface area contributed by atoms with E-state index < -0.39 is 5.91 Å². The summed E-state index contributed by atoms with van der Waals surface area (Å²) in [4.78, 5) is 29.4. The molecule has 3 rings (SSSR count). The number of urea groups is 1. The van der Waals surface area contributed by atoms with Crippen LogP contribution >= 0.6 is 0 Å². The highest BCUT2D eigenvalue weighted by Crippen LogP contribution is 2.22. The van der Waals surface area contributed by atoms with Gasteiger partial charge in [0, 0.05) is 12.6 Å². The van der Waals surface area contributed by atoms with Crippen LogP contribution in [0.25, 0.3) is 0 Å². The van der Waals surface area contributed by atoms with Crippen molar-refractivity contribution >= 4 is 17.6 Å². The molecule has 1 atom stereocenters. The molecular formula is C18H20N4O2. The van der Waals surface area contributed by atoms with Crippen LogP contribution in [0.3, 0.4) is 0 Å². The van der Waals surface area contributed by atoms with Crippen LogP contribution in [-0.4, -0.2) is 34.4 Å². The molecular weight excluding hydrogens is 304 g/mol.